The van der Waals surface area contributed by atoms with Gasteiger partial charge in [-0.1, -0.05) is 0 Å². The van der Waals surface area contributed by atoms with E-state index in [1.165, 1.54) is 0 Å². The summed E-state index contributed by atoms with van der Waals surface area (Å²) in [5.74, 6) is 8.42. The van der Waals surface area contributed by atoms with Crippen molar-refractivity contribution in [3.63, 3.8) is 0 Å². The van der Waals surface area contributed by atoms with Crippen molar-refractivity contribution in [2.75, 3.05) is 5.88 Å². The van der Waals surface area contributed by atoms with Crippen molar-refractivity contribution in [1.82, 2.24) is 5.43 Å². The molecule has 2 nitrogen and oxygen atoms in total. The first-order valence-corrected chi connectivity index (χ1v) is 3.84. The van der Waals surface area contributed by atoms with Gasteiger partial charge in [-0.2, -0.15) is 0 Å². The molecule has 10 heavy (non-hydrogen) atoms. The molecule has 58 valence electrons. The van der Waals surface area contributed by atoms with E-state index >= 15 is 0 Å². The molecule has 0 aliphatic carbocycles. The Hall–Kier alpha value is -0.230. The third kappa shape index (κ3) is 4.63. The van der Waals surface area contributed by atoms with Crippen molar-refractivity contribution < 1.29 is 0 Å². The highest BCUT2D eigenvalue weighted by atomic mass is 35.5. The number of hydrogen-bond donors (Lipinski definition) is 2. The van der Waals surface area contributed by atoms with Gasteiger partial charge < -0.3 is 0 Å². The van der Waals surface area contributed by atoms with Crippen molar-refractivity contribution in [3.8, 4) is 12.3 Å². The van der Waals surface area contributed by atoms with Crippen LogP contribution in [0.5, 0.6) is 0 Å². The molecule has 1 atom stereocenters. The monoisotopic (exact) mass is 160 g/mol. The Bertz CT molecular complexity index is 109. The Balaban J connectivity index is 3.32. The molecule has 0 amide bonds. The van der Waals surface area contributed by atoms with E-state index < -0.39 is 0 Å². The average molecular weight is 161 g/mol. The van der Waals surface area contributed by atoms with E-state index in [1.807, 2.05) is 0 Å². The summed E-state index contributed by atoms with van der Waals surface area (Å²) in [6.07, 6.45) is 7.68. The highest BCUT2D eigenvalue weighted by Crippen LogP contribution is 2.00. The molecule has 1 unspecified atom stereocenters. The second-order valence-corrected chi connectivity index (χ2v) is 2.48. The Morgan fingerprint density at radius 3 is 2.80 bits per heavy atom. The molecule has 0 heterocycles. The molecular formula is C7H13ClN2. The predicted octanol–water partition coefficient (Wildman–Crippen LogP) is 0.861. The minimum Gasteiger partial charge on any atom is -0.271 e. The number of nitrogens with two attached hydrogens (primary N) is 1. The Kier molecular flexibility index (Phi) is 6.73. The summed E-state index contributed by atoms with van der Waals surface area (Å²) < 4.78 is 0. The zero-order chi connectivity index (χ0) is 7.82. The molecule has 0 aliphatic heterocycles. The summed E-state index contributed by atoms with van der Waals surface area (Å²) in [5, 5.41) is 0. The third-order valence-electron chi connectivity index (χ3n) is 1.29. The van der Waals surface area contributed by atoms with E-state index in [4.69, 9.17) is 23.9 Å². The summed E-state index contributed by atoms with van der Waals surface area (Å²) in [6.45, 7) is 0. The van der Waals surface area contributed by atoms with Crippen molar-refractivity contribution >= 4 is 11.6 Å². The van der Waals surface area contributed by atoms with Crippen LogP contribution in [-0.2, 0) is 0 Å². The SMILES string of the molecule is C#CCC(CCCCl)NN. The van der Waals surface area contributed by atoms with Crippen molar-refractivity contribution in [2.24, 2.45) is 5.84 Å². The number of halogens is 1. The highest BCUT2D eigenvalue weighted by Gasteiger charge is 2.02. The molecule has 3 N–H and O–H groups in total. The smallest absolute Gasteiger partial charge is 0.0320 e. The number of hydrazine groups is 1. The van der Waals surface area contributed by atoms with Crippen LogP contribution in [0.2, 0.25) is 0 Å². The van der Waals surface area contributed by atoms with Crippen LogP contribution in [0.4, 0.5) is 0 Å². The lowest BCUT2D eigenvalue weighted by Gasteiger charge is -2.10. The summed E-state index contributed by atoms with van der Waals surface area (Å²) in [4.78, 5) is 0. The molecule has 0 rings (SSSR count). The summed E-state index contributed by atoms with van der Waals surface area (Å²) >= 11 is 5.48. The maximum atomic E-state index is 5.48. The quantitative estimate of drug-likeness (QED) is 0.271. The molecule has 0 saturated carbocycles. The number of rotatable bonds is 5. The van der Waals surface area contributed by atoms with Crippen molar-refractivity contribution in [2.45, 2.75) is 25.3 Å². The second-order valence-electron chi connectivity index (χ2n) is 2.10. The van der Waals surface area contributed by atoms with Crippen LogP contribution in [0, 0.1) is 12.3 Å². The zero-order valence-electron chi connectivity index (χ0n) is 5.94. The van der Waals surface area contributed by atoms with Crippen LogP contribution >= 0.6 is 11.6 Å². The highest BCUT2D eigenvalue weighted by molar-refractivity contribution is 6.17. The molecule has 3 heteroatoms. The van der Waals surface area contributed by atoms with Crippen LogP contribution in [-0.4, -0.2) is 11.9 Å². The Morgan fingerprint density at radius 1 is 1.70 bits per heavy atom. The van der Waals surface area contributed by atoms with Gasteiger partial charge in [-0.25, -0.2) is 0 Å². The predicted molar refractivity (Wildman–Crippen MR) is 44.5 cm³/mol. The van der Waals surface area contributed by atoms with Gasteiger partial charge in [-0.15, -0.1) is 23.9 Å². The van der Waals surface area contributed by atoms with E-state index in [0.29, 0.717) is 12.3 Å². The average Bonchev–Trinajstić information content (AvgIpc) is 1.98. The lowest BCUT2D eigenvalue weighted by atomic mass is 10.1. The minimum absolute atomic E-state index is 0.226. The Labute approximate surface area is 67.1 Å². The van der Waals surface area contributed by atoms with Gasteiger partial charge in [0.05, 0.1) is 0 Å². The summed E-state index contributed by atoms with van der Waals surface area (Å²) in [6, 6.07) is 0.226. The standard InChI is InChI=1S/C7H13ClN2/c1-2-4-7(10-9)5-3-6-8/h1,7,10H,3-6,9H2. The fraction of sp³-hybridized carbons (Fsp3) is 0.714. The molecule has 0 aromatic rings. The van der Waals surface area contributed by atoms with Crippen LogP contribution in [0.25, 0.3) is 0 Å². The molecule has 0 saturated heterocycles. The van der Waals surface area contributed by atoms with E-state index in [2.05, 4.69) is 11.3 Å². The fourth-order valence-electron chi connectivity index (χ4n) is 0.710. The van der Waals surface area contributed by atoms with Gasteiger partial charge in [0.1, 0.15) is 0 Å². The summed E-state index contributed by atoms with van der Waals surface area (Å²) in [7, 11) is 0. The lowest BCUT2D eigenvalue weighted by Crippen LogP contribution is -2.34. The van der Waals surface area contributed by atoms with Gasteiger partial charge >= 0.3 is 0 Å². The van der Waals surface area contributed by atoms with Crippen molar-refractivity contribution in [1.29, 1.82) is 0 Å². The van der Waals surface area contributed by atoms with Crippen LogP contribution in [0.1, 0.15) is 19.3 Å². The van der Waals surface area contributed by atoms with Gasteiger partial charge in [-0.3, -0.25) is 11.3 Å². The van der Waals surface area contributed by atoms with Gasteiger partial charge in [0.15, 0.2) is 0 Å². The molecule has 0 fully saturated rings. The molecule has 0 spiro atoms. The maximum Gasteiger partial charge on any atom is 0.0320 e. The van der Waals surface area contributed by atoms with E-state index in [-0.39, 0.29) is 6.04 Å². The van der Waals surface area contributed by atoms with Crippen LogP contribution in [0.3, 0.4) is 0 Å². The third-order valence-corrected chi connectivity index (χ3v) is 1.55. The van der Waals surface area contributed by atoms with Crippen molar-refractivity contribution in [3.05, 3.63) is 0 Å². The number of terminal acetylenes is 1. The first-order valence-electron chi connectivity index (χ1n) is 3.30. The number of alkyl halides is 1. The molecule has 0 radical (unpaired) electrons. The summed E-state index contributed by atoms with van der Waals surface area (Å²) in [5.41, 5.74) is 2.64. The molecule has 0 aromatic heterocycles. The Morgan fingerprint density at radius 2 is 2.40 bits per heavy atom. The van der Waals surface area contributed by atoms with Gasteiger partial charge in [0, 0.05) is 18.3 Å². The maximum absolute atomic E-state index is 5.48. The fourth-order valence-corrected chi connectivity index (χ4v) is 0.864. The molecular weight excluding hydrogens is 148 g/mol. The largest absolute Gasteiger partial charge is 0.271 e. The van der Waals surface area contributed by atoms with Gasteiger partial charge in [0.2, 0.25) is 0 Å². The van der Waals surface area contributed by atoms with Gasteiger partial charge in [0.25, 0.3) is 0 Å². The van der Waals surface area contributed by atoms with E-state index in [9.17, 15) is 0 Å². The second kappa shape index (κ2) is 6.88. The molecule has 0 bridgehead atoms. The van der Waals surface area contributed by atoms with Gasteiger partial charge in [-0.05, 0) is 12.8 Å². The lowest BCUT2D eigenvalue weighted by molar-refractivity contribution is 0.499. The number of hydrogen-bond acceptors (Lipinski definition) is 2. The normalized spacial score (nSPS) is 12.5. The molecule has 0 aromatic carbocycles. The first kappa shape index (κ1) is 9.77. The van der Waals surface area contributed by atoms with Crippen LogP contribution < -0.4 is 11.3 Å². The first-order chi connectivity index (χ1) is 4.85. The molecule has 0 aliphatic rings. The topological polar surface area (TPSA) is 38.0 Å². The van der Waals surface area contributed by atoms with E-state index in [1.54, 1.807) is 0 Å². The minimum atomic E-state index is 0.226. The van der Waals surface area contributed by atoms with E-state index in [0.717, 1.165) is 12.8 Å². The number of nitrogens with one attached hydrogen (secondary N) is 1. The van der Waals surface area contributed by atoms with Crippen LogP contribution in [0.15, 0.2) is 0 Å². The zero-order valence-corrected chi connectivity index (χ0v) is 6.69.